The number of hydrogen-bond acceptors (Lipinski definition) is 7. The van der Waals surface area contributed by atoms with Crippen LogP contribution in [0.4, 0.5) is 0 Å². The summed E-state index contributed by atoms with van der Waals surface area (Å²) in [6.07, 6.45) is 0. The van der Waals surface area contributed by atoms with Crippen LogP contribution in [-0.4, -0.2) is 30.4 Å². The lowest BCUT2D eigenvalue weighted by molar-refractivity contribution is 0.0596. The molecule has 8 heteroatoms. The van der Waals surface area contributed by atoms with E-state index in [1.54, 1.807) is 6.07 Å². The van der Waals surface area contributed by atoms with Gasteiger partial charge in [-0.2, -0.15) is 5.26 Å². The SMILES string of the molecule is COC(=O)c1cc(Cl)nnc1Oc1ccc(C#N)cc1OC. The Kier molecular flexibility index (Phi) is 4.76. The summed E-state index contributed by atoms with van der Waals surface area (Å²) in [5.41, 5.74) is 0.425. The second-order valence-corrected chi connectivity index (χ2v) is 4.34. The van der Waals surface area contributed by atoms with Crippen LogP contribution in [0.1, 0.15) is 15.9 Å². The fraction of sp³-hybridized carbons (Fsp3) is 0.143. The van der Waals surface area contributed by atoms with Crippen LogP contribution in [0.3, 0.4) is 0 Å². The number of carbonyl (C=O) groups excluding carboxylic acids is 1. The van der Waals surface area contributed by atoms with Crippen molar-refractivity contribution >= 4 is 17.6 Å². The van der Waals surface area contributed by atoms with Crippen molar-refractivity contribution in [1.82, 2.24) is 10.2 Å². The number of nitriles is 1. The third-order valence-electron chi connectivity index (χ3n) is 2.63. The second-order valence-electron chi connectivity index (χ2n) is 3.96. The van der Waals surface area contributed by atoms with E-state index >= 15 is 0 Å². The molecule has 0 radical (unpaired) electrons. The van der Waals surface area contributed by atoms with Crippen molar-refractivity contribution in [2.24, 2.45) is 0 Å². The average molecular weight is 320 g/mol. The van der Waals surface area contributed by atoms with Crippen molar-refractivity contribution in [3.05, 3.63) is 40.5 Å². The van der Waals surface area contributed by atoms with Gasteiger partial charge in [0.15, 0.2) is 16.7 Å². The first-order chi connectivity index (χ1) is 10.6. The largest absolute Gasteiger partial charge is 0.493 e. The smallest absolute Gasteiger partial charge is 0.343 e. The van der Waals surface area contributed by atoms with Crippen LogP contribution in [0, 0.1) is 11.3 Å². The molecule has 2 rings (SSSR count). The third-order valence-corrected chi connectivity index (χ3v) is 2.82. The van der Waals surface area contributed by atoms with E-state index in [1.165, 1.54) is 32.4 Å². The molecule has 0 N–H and O–H groups in total. The number of nitrogens with zero attached hydrogens (tertiary/aromatic N) is 3. The number of esters is 1. The molecule has 0 aliphatic heterocycles. The van der Waals surface area contributed by atoms with Crippen LogP contribution in [0.5, 0.6) is 17.4 Å². The molecule has 1 heterocycles. The van der Waals surface area contributed by atoms with Crippen molar-refractivity contribution in [2.45, 2.75) is 0 Å². The van der Waals surface area contributed by atoms with Crippen LogP contribution < -0.4 is 9.47 Å². The minimum atomic E-state index is -0.667. The Bertz CT molecular complexity index is 758. The monoisotopic (exact) mass is 319 g/mol. The fourth-order valence-electron chi connectivity index (χ4n) is 1.61. The number of methoxy groups -OCH3 is 2. The van der Waals surface area contributed by atoms with Gasteiger partial charge in [0.05, 0.1) is 25.9 Å². The van der Waals surface area contributed by atoms with Crippen LogP contribution >= 0.6 is 11.6 Å². The Balaban J connectivity index is 2.43. The van der Waals surface area contributed by atoms with Crippen molar-refractivity contribution in [3.8, 4) is 23.4 Å². The Labute approximate surface area is 131 Å². The molecule has 0 amide bonds. The molecular formula is C14H10ClN3O4. The maximum absolute atomic E-state index is 11.7. The topological polar surface area (TPSA) is 94.3 Å². The fourth-order valence-corrected chi connectivity index (χ4v) is 1.76. The van der Waals surface area contributed by atoms with Gasteiger partial charge in [0.25, 0.3) is 5.88 Å². The predicted octanol–water partition coefficient (Wildman–Crippen LogP) is 2.59. The standard InChI is InChI=1S/C14H10ClN3O4/c1-20-11-5-8(7-16)3-4-10(11)22-13-9(14(19)21-2)6-12(15)17-18-13/h3-6H,1-2H3. The predicted molar refractivity (Wildman–Crippen MR) is 76.2 cm³/mol. The van der Waals surface area contributed by atoms with Gasteiger partial charge < -0.3 is 14.2 Å². The zero-order valence-corrected chi connectivity index (χ0v) is 12.4. The molecule has 0 fully saturated rings. The molecule has 0 atom stereocenters. The zero-order valence-electron chi connectivity index (χ0n) is 11.7. The minimum absolute atomic E-state index is 0.0221. The van der Waals surface area contributed by atoms with Gasteiger partial charge in [-0.15, -0.1) is 10.2 Å². The Hall–Kier alpha value is -2.85. The summed E-state index contributed by atoms with van der Waals surface area (Å²) >= 11 is 5.72. The average Bonchev–Trinajstić information content (AvgIpc) is 2.55. The first kappa shape index (κ1) is 15.5. The van der Waals surface area contributed by atoms with E-state index in [0.29, 0.717) is 11.3 Å². The highest BCUT2D eigenvalue weighted by atomic mass is 35.5. The highest BCUT2D eigenvalue weighted by Crippen LogP contribution is 2.33. The molecule has 0 saturated heterocycles. The Morgan fingerprint density at radius 3 is 2.64 bits per heavy atom. The quantitative estimate of drug-likeness (QED) is 0.799. The molecule has 0 aliphatic carbocycles. The molecule has 0 aliphatic rings. The van der Waals surface area contributed by atoms with E-state index in [0.717, 1.165) is 0 Å². The van der Waals surface area contributed by atoms with Crippen LogP contribution in [-0.2, 0) is 4.74 Å². The van der Waals surface area contributed by atoms with Gasteiger partial charge in [0.2, 0.25) is 0 Å². The molecule has 0 bridgehead atoms. The number of rotatable bonds is 4. The van der Waals surface area contributed by atoms with Gasteiger partial charge in [-0.1, -0.05) is 11.6 Å². The number of aromatic nitrogens is 2. The summed E-state index contributed by atoms with van der Waals surface area (Å²) in [5, 5.41) is 16.3. The van der Waals surface area contributed by atoms with E-state index in [9.17, 15) is 4.79 Å². The molecule has 112 valence electrons. The maximum atomic E-state index is 11.7. The van der Waals surface area contributed by atoms with Gasteiger partial charge in [0, 0.05) is 6.07 Å². The molecule has 7 nitrogen and oxygen atoms in total. The third kappa shape index (κ3) is 3.24. The lowest BCUT2D eigenvalue weighted by Gasteiger charge is -2.11. The lowest BCUT2D eigenvalue weighted by atomic mass is 10.2. The first-order valence-corrected chi connectivity index (χ1v) is 6.34. The summed E-state index contributed by atoms with van der Waals surface area (Å²) in [6, 6.07) is 7.83. The number of ether oxygens (including phenoxy) is 3. The highest BCUT2D eigenvalue weighted by Gasteiger charge is 2.18. The van der Waals surface area contributed by atoms with E-state index in [1.807, 2.05) is 6.07 Å². The normalized spacial score (nSPS) is 9.73. The second kappa shape index (κ2) is 6.74. The summed E-state index contributed by atoms with van der Waals surface area (Å²) in [5.74, 6) is -0.173. The van der Waals surface area contributed by atoms with Gasteiger partial charge in [0.1, 0.15) is 5.56 Å². The maximum Gasteiger partial charge on any atom is 0.343 e. The van der Waals surface area contributed by atoms with Crippen LogP contribution in [0.2, 0.25) is 5.15 Å². The zero-order chi connectivity index (χ0) is 16.1. The van der Waals surface area contributed by atoms with Crippen LogP contribution in [0.15, 0.2) is 24.3 Å². The number of hydrogen-bond donors (Lipinski definition) is 0. The van der Waals surface area contributed by atoms with Gasteiger partial charge in [-0.3, -0.25) is 0 Å². The molecule has 2 aromatic rings. The molecule has 0 unspecified atom stereocenters. The molecule has 0 spiro atoms. The van der Waals surface area contributed by atoms with E-state index in [4.69, 9.17) is 26.3 Å². The molecular weight excluding hydrogens is 310 g/mol. The minimum Gasteiger partial charge on any atom is -0.493 e. The highest BCUT2D eigenvalue weighted by molar-refractivity contribution is 6.29. The Morgan fingerprint density at radius 1 is 1.23 bits per heavy atom. The van der Waals surface area contributed by atoms with Crippen LogP contribution in [0.25, 0.3) is 0 Å². The molecule has 22 heavy (non-hydrogen) atoms. The summed E-state index contributed by atoms with van der Waals surface area (Å²) in [4.78, 5) is 11.7. The summed E-state index contributed by atoms with van der Waals surface area (Å²) < 4.78 is 15.3. The number of benzene rings is 1. The van der Waals surface area contributed by atoms with Crippen molar-refractivity contribution in [3.63, 3.8) is 0 Å². The summed E-state index contributed by atoms with van der Waals surface area (Å²) in [6.45, 7) is 0. The van der Waals surface area contributed by atoms with Crippen molar-refractivity contribution in [1.29, 1.82) is 5.26 Å². The van der Waals surface area contributed by atoms with E-state index in [-0.39, 0.29) is 22.3 Å². The van der Waals surface area contributed by atoms with Crippen molar-refractivity contribution < 1.29 is 19.0 Å². The lowest BCUT2D eigenvalue weighted by Crippen LogP contribution is -2.06. The number of halogens is 1. The van der Waals surface area contributed by atoms with Gasteiger partial charge in [-0.05, 0) is 18.2 Å². The number of carbonyl (C=O) groups is 1. The van der Waals surface area contributed by atoms with E-state index in [2.05, 4.69) is 14.9 Å². The Morgan fingerprint density at radius 2 is 2.00 bits per heavy atom. The molecule has 1 aromatic carbocycles. The van der Waals surface area contributed by atoms with E-state index < -0.39 is 5.97 Å². The van der Waals surface area contributed by atoms with Gasteiger partial charge in [-0.25, -0.2) is 4.79 Å². The van der Waals surface area contributed by atoms with Gasteiger partial charge >= 0.3 is 5.97 Å². The van der Waals surface area contributed by atoms with Crippen molar-refractivity contribution in [2.75, 3.05) is 14.2 Å². The first-order valence-electron chi connectivity index (χ1n) is 5.96. The molecule has 0 saturated carbocycles. The summed E-state index contributed by atoms with van der Waals surface area (Å²) in [7, 11) is 2.65. The molecule has 1 aromatic heterocycles.